The zero-order chi connectivity index (χ0) is 17.6. The number of amides is 1. The number of aryl methyl sites for hydroxylation is 1. The van der Waals surface area contributed by atoms with Gasteiger partial charge in [-0.2, -0.15) is 0 Å². The molecule has 0 spiro atoms. The second kappa shape index (κ2) is 7.77. The Morgan fingerprint density at radius 2 is 1.92 bits per heavy atom. The van der Waals surface area contributed by atoms with Gasteiger partial charge in [0, 0.05) is 12.6 Å². The summed E-state index contributed by atoms with van der Waals surface area (Å²) in [6.07, 6.45) is 1.36. The lowest BCUT2D eigenvalue weighted by atomic mass is 10.1. The Bertz CT molecular complexity index is 898. The highest BCUT2D eigenvalue weighted by Crippen LogP contribution is 2.21. The summed E-state index contributed by atoms with van der Waals surface area (Å²) in [4.78, 5) is 20.5. The van der Waals surface area contributed by atoms with Gasteiger partial charge in [-0.25, -0.2) is 9.97 Å². The molecule has 0 saturated carbocycles. The standard InChI is InChI=1S/C19H17ClN4O/c1-13-5-4-6-14(9-13)11-21-18-10-17(22-12-23-18)19(25)24-16-8-3-2-7-15(16)20/h2-10,12H,11H2,1H3,(H,24,25)(H,21,22,23). The molecular formula is C19H17ClN4O. The van der Waals surface area contributed by atoms with E-state index in [1.54, 1.807) is 30.3 Å². The lowest BCUT2D eigenvalue weighted by Crippen LogP contribution is -2.15. The minimum atomic E-state index is -0.339. The van der Waals surface area contributed by atoms with Crippen molar-refractivity contribution in [1.82, 2.24) is 9.97 Å². The smallest absolute Gasteiger partial charge is 0.274 e. The molecule has 0 saturated heterocycles. The number of halogens is 1. The predicted molar refractivity (Wildman–Crippen MR) is 99.9 cm³/mol. The van der Waals surface area contributed by atoms with Gasteiger partial charge in [0.25, 0.3) is 5.91 Å². The topological polar surface area (TPSA) is 66.9 Å². The number of hydrogen-bond acceptors (Lipinski definition) is 4. The highest BCUT2D eigenvalue weighted by molar-refractivity contribution is 6.33. The molecule has 2 aromatic carbocycles. The van der Waals surface area contributed by atoms with Gasteiger partial charge in [-0.15, -0.1) is 0 Å². The largest absolute Gasteiger partial charge is 0.366 e. The molecule has 0 radical (unpaired) electrons. The Kier molecular flexibility index (Phi) is 5.26. The molecule has 0 fully saturated rings. The van der Waals surface area contributed by atoms with Crippen LogP contribution in [0.15, 0.2) is 60.9 Å². The Morgan fingerprint density at radius 1 is 1.08 bits per heavy atom. The lowest BCUT2D eigenvalue weighted by molar-refractivity contribution is 0.102. The van der Waals surface area contributed by atoms with Gasteiger partial charge < -0.3 is 10.6 Å². The van der Waals surface area contributed by atoms with Crippen LogP contribution in [0, 0.1) is 6.92 Å². The first-order valence-electron chi connectivity index (χ1n) is 7.79. The van der Waals surface area contributed by atoms with Gasteiger partial charge in [0.1, 0.15) is 17.8 Å². The van der Waals surface area contributed by atoms with Crippen LogP contribution in [0.5, 0.6) is 0 Å². The molecule has 1 amide bonds. The third-order valence-corrected chi connectivity index (χ3v) is 3.91. The molecule has 25 heavy (non-hydrogen) atoms. The van der Waals surface area contributed by atoms with Gasteiger partial charge in [0.2, 0.25) is 0 Å². The summed E-state index contributed by atoms with van der Waals surface area (Å²) in [5, 5.41) is 6.42. The van der Waals surface area contributed by atoms with E-state index in [-0.39, 0.29) is 11.6 Å². The zero-order valence-electron chi connectivity index (χ0n) is 13.7. The zero-order valence-corrected chi connectivity index (χ0v) is 14.4. The molecule has 0 unspecified atom stereocenters. The van der Waals surface area contributed by atoms with E-state index in [1.165, 1.54) is 11.9 Å². The summed E-state index contributed by atoms with van der Waals surface area (Å²) < 4.78 is 0. The average molecular weight is 353 g/mol. The van der Waals surface area contributed by atoms with Crippen LogP contribution in [0.2, 0.25) is 5.02 Å². The molecule has 3 rings (SSSR count). The fourth-order valence-electron chi connectivity index (χ4n) is 2.34. The van der Waals surface area contributed by atoms with Crippen molar-refractivity contribution in [3.63, 3.8) is 0 Å². The van der Waals surface area contributed by atoms with E-state index in [4.69, 9.17) is 11.6 Å². The van der Waals surface area contributed by atoms with E-state index >= 15 is 0 Å². The predicted octanol–water partition coefficient (Wildman–Crippen LogP) is 4.30. The SMILES string of the molecule is Cc1cccc(CNc2cc(C(=O)Nc3ccccc3Cl)ncn2)c1. The Balaban J connectivity index is 1.68. The molecule has 0 aliphatic carbocycles. The van der Waals surface area contributed by atoms with Gasteiger partial charge in [-0.3, -0.25) is 4.79 Å². The van der Waals surface area contributed by atoms with E-state index < -0.39 is 0 Å². The number of rotatable bonds is 5. The maximum Gasteiger partial charge on any atom is 0.274 e. The normalized spacial score (nSPS) is 10.3. The summed E-state index contributed by atoms with van der Waals surface area (Å²) in [6, 6.07) is 16.9. The monoisotopic (exact) mass is 352 g/mol. The highest BCUT2D eigenvalue weighted by atomic mass is 35.5. The number of nitrogens with zero attached hydrogens (tertiary/aromatic N) is 2. The summed E-state index contributed by atoms with van der Waals surface area (Å²) in [5.74, 6) is 0.245. The third-order valence-electron chi connectivity index (χ3n) is 3.58. The average Bonchev–Trinajstić information content (AvgIpc) is 2.62. The number of nitrogens with one attached hydrogen (secondary N) is 2. The van der Waals surface area contributed by atoms with E-state index in [1.807, 2.05) is 25.1 Å². The second-order valence-corrected chi connectivity index (χ2v) is 5.97. The number of anilines is 2. The number of hydrogen-bond donors (Lipinski definition) is 2. The summed E-state index contributed by atoms with van der Waals surface area (Å²) in [6.45, 7) is 2.66. The molecule has 6 heteroatoms. The van der Waals surface area contributed by atoms with Gasteiger partial charge in [0.15, 0.2) is 0 Å². The molecule has 0 bridgehead atoms. The number of carbonyl (C=O) groups excluding carboxylic acids is 1. The van der Waals surface area contributed by atoms with Crippen LogP contribution in [0.1, 0.15) is 21.6 Å². The van der Waals surface area contributed by atoms with Crippen LogP contribution in [0.25, 0.3) is 0 Å². The molecule has 126 valence electrons. The molecule has 1 heterocycles. The van der Waals surface area contributed by atoms with Gasteiger partial charge in [-0.1, -0.05) is 53.6 Å². The molecule has 1 aromatic heterocycles. The maximum atomic E-state index is 12.3. The second-order valence-electron chi connectivity index (χ2n) is 5.57. The molecule has 3 aromatic rings. The number of para-hydroxylation sites is 1. The minimum Gasteiger partial charge on any atom is -0.366 e. The van der Waals surface area contributed by atoms with Gasteiger partial charge >= 0.3 is 0 Å². The Labute approximate surface area is 151 Å². The van der Waals surface area contributed by atoms with E-state index in [0.29, 0.717) is 23.1 Å². The van der Waals surface area contributed by atoms with Crippen LogP contribution in [-0.4, -0.2) is 15.9 Å². The Morgan fingerprint density at radius 3 is 2.72 bits per heavy atom. The van der Waals surface area contributed by atoms with Crippen molar-refractivity contribution in [1.29, 1.82) is 0 Å². The highest BCUT2D eigenvalue weighted by Gasteiger charge is 2.10. The van der Waals surface area contributed by atoms with Crippen LogP contribution in [-0.2, 0) is 6.54 Å². The quantitative estimate of drug-likeness (QED) is 0.718. The first-order valence-corrected chi connectivity index (χ1v) is 8.17. The lowest BCUT2D eigenvalue weighted by Gasteiger charge is -2.09. The number of benzene rings is 2. The number of carbonyl (C=O) groups is 1. The number of aromatic nitrogens is 2. The molecule has 0 aliphatic rings. The van der Waals surface area contributed by atoms with Crippen molar-refractivity contribution in [3.05, 3.63) is 82.8 Å². The van der Waals surface area contributed by atoms with Crippen molar-refractivity contribution < 1.29 is 4.79 Å². The third kappa shape index (κ3) is 4.55. The maximum absolute atomic E-state index is 12.3. The Hall–Kier alpha value is -2.92. The van der Waals surface area contributed by atoms with Crippen LogP contribution in [0.3, 0.4) is 0 Å². The van der Waals surface area contributed by atoms with Crippen LogP contribution < -0.4 is 10.6 Å². The molecule has 0 atom stereocenters. The molecule has 0 aliphatic heterocycles. The molecular weight excluding hydrogens is 336 g/mol. The van der Waals surface area contributed by atoms with Crippen molar-refractivity contribution in [3.8, 4) is 0 Å². The van der Waals surface area contributed by atoms with Crippen molar-refractivity contribution in [2.24, 2.45) is 0 Å². The van der Waals surface area contributed by atoms with Crippen molar-refractivity contribution in [2.75, 3.05) is 10.6 Å². The fourth-order valence-corrected chi connectivity index (χ4v) is 2.52. The van der Waals surface area contributed by atoms with Crippen molar-refractivity contribution in [2.45, 2.75) is 13.5 Å². The van der Waals surface area contributed by atoms with Crippen LogP contribution >= 0.6 is 11.6 Å². The van der Waals surface area contributed by atoms with E-state index in [9.17, 15) is 4.79 Å². The van der Waals surface area contributed by atoms with E-state index in [0.717, 1.165) is 5.56 Å². The molecule has 5 nitrogen and oxygen atoms in total. The first-order chi connectivity index (χ1) is 12.1. The van der Waals surface area contributed by atoms with Crippen molar-refractivity contribution >= 4 is 29.0 Å². The summed E-state index contributed by atoms with van der Waals surface area (Å²) in [7, 11) is 0. The minimum absolute atomic E-state index is 0.265. The fraction of sp³-hybridized carbons (Fsp3) is 0.105. The van der Waals surface area contributed by atoms with Crippen LogP contribution in [0.4, 0.5) is 11.5 Å². The van der Waals surface area contributed by atoms with Gasteiger partial charge in [-0.05, 0) is 24.6 Å². The molecule has 2 N–H and O–H groups in total. The first kappa shape index (κ1) is 16.9. The van der Waals surface area contributed by atoms with E-state index in [2.05, 4.69) is 26.7 Å². The van der Waals surface area contributed by atoms with Gasteiger partial charge in [0.05, 0.1) is 10.7 Å². The summed E-state index contributed by atoms with van der Waals surface area (Å²) >= 11 is 6.06. The summed E-state index contributed by atoms with van der Waals surface area (Å²) in [5.41, 5.74) is 3.14.